The maximum absolute atomic E-state index is 5.94. The summed E-state index contributed by atoms with van der Waals surface area (Å²) in [4.78, 5) is 2.42. The third-order valence-electron chi connectivity index (χ3n) is 4.10. The van der Waals surface area contributed by atoms with Gasteiger partial charge in [-0.3, -0.25) is 4.90 Å². The largest absolute Gasteiger partial charge is 0.319 e. The minimum atomic E-state index is 0.310. The molecule has 0 bridgehead atoms. The molecule has 0 fully saturated rings. The molecule has 2 atom stereocenters. The lowest BCUT2D eigenvalue weighted by atomic mass is 9.86. The highest BCUT2D eigenvalue weighted by molar-refractivity contribution is 6.30. The van der Waals surface area contributed by atoms with Crippen LogP contribution in [0.4, 0.5) is 0 Å². The zero-order valence-electron chi connectivity index (χ0n) is 12.8. The van der Waals surface area contributed by atoms with Gasteiger partial charge >= 0.3 is 0 Å². The SMILES string of the molecule is CCC(C)(CNC)CN(C)C(C)c1ccc(Cl)cc1. The Kier molecular flexibility index (Phi) is 6.31. The highest BCUT2D eigenvalue weighted by Gasteiger charge is 2.25. The zero-order valence-corrected chi connectivity index (χ0v) is 13.6. The summed E-state index contributed by atoms with van der Waals surface area (Å²) >= 11 is 5.94. The number of nitrogens with one attached hydrogen (secondary N) is 1. The Morgan fingerprint density at radius 1 is 1.32 bits per heavy atom. The van der Waals surface area contributed by atoms with Crippen molar-refractivity contribution in [3.05, 3.63) is 34.9 Å². The van der Waals surface area contributed by atoms with Crippen molar-refractivity contribution in [2.75, 3.05) is 27.2 Å². The normalized spacial score (nSPS) is 16.4. The molecule has 0 radical (unpaired) electrons. The first-order valence-electron chi connectivity index (χ1n) is 7.02. The van der Waals surface area contributed by atoms with Crippen LogP contribution in [0.3, 0.4) is 0 Å². The Morgan fingerprint density at radius 2 is 1.89 bits per heavy atom. The molecule has 2 unspecified atom stereocenters. The van der Waals surface area contributed by atoms with Crippen LogP contribution in [0.5, 0.6) is 0 Å². The van der Waals surface area contributed by atoms with Gasteiger partial charge in [-0.05, 0) is 50.6 Å². The van der Waals surface area contributed by atoms with Crippen LogP contribution in [-0.4, -0.2) is 32.1 Å². The summed E-state index contributed by atoms with van der Waals surface area (Å²) in [6.07, 6.45) is 1.17. The zero-order chi connectivity index (χ0) is 14.5. The number of nitrogens with zero attached hydrogens (tertiary/aromatic N) is 1. The van der Waals surface area contributed by atoms with Crippen LogP contribution in [0.15, 0.2) is 24.3 Å². The van der Waals surface area contributed by atoms with Crippen LogP contribution in [-0.2, 0) is 0 Å². The molecule has 2 nitrogen and oxygen atoms in total. The fourth-order valence-electron chi connectivity index (χ4n) is 2.45. The monoisotopic (exact) mass is 282 g/mol. The summed E-state index contributed by atoms with van der Waals surface area (Å²) in [5, 5.41) is 4.10. The summed E-state index contributed by atoms with van der Waals surface area (Å²) in [5.74, 6) is 0. The molecular weight excluding hydrogens is 256 g/mol. The first-order valence-corrected chi connectivity index (χ1v) is 7.40. The van der Waals surface area contributed by atoms with Crippen molar-refractivity contribution in [3.63, 3.8) is 0 Å². The van der Waals surface area contributed by atoms with Gasteiger partial charge in [0, 0.05) is 24.2 Å². The Morgan fingerprint density at radius 3 is 2.37 bits per heavy atom. The van der Waals surface area contributed by atoms with Gasteiger partial charge in [-0.15, -0.1) is 0 Å². The highest BCUT2D eigenvalue weighted by Crippen LogP contribution is 2.27. The maximum atomic E-state index is 5.94. The minimum Gasteiger partial charge on any atom is -0.319 e. The average Bonchev–Trinajstić information content (AvgIpc) is 2.39. The van der Waals surface area contributed by atoms with Crippen molar-refractivity contribution in [3.8, 4) is 0 Å². The third kappa shape index (κ3) is 4.79. The predicted molar refractivity (Wildman–Crippen MR) is 84.8 cm³/mol. The Bertz CT molecular complexity index is 377. The summed E-state index contributed by atoms with van der Waals surface area (Å²) in [6.45, 7) is 8.97. The molecule has 0 aliphatic rings. The van der Waals surface area contributed by atoms with Gasteiger partial charge in [-0.2, -0.15) is 0 Å². The van der Waals surface area contributed by atoms with E-state index in [0.717, 1.165) is 18.1 Å². The molecule has 19 heavy (non-hydrogen) atoms. The maximum Gasteiger partial charge on any atom is 0.0406 e. The van der Waals surface area contributed by atoms with Crippen LogP contribution >= 0.6 is 11.6 Å². The van der Waals surface area contributed by atoms with Gasteiger partial charge in [0.05, 0.1) is 0 Å². The average molecular weight is 283 g/mol. The second-order valence-corrected chi connectivity index (χ2v) is 6.27. The second kappa shape index (κ2) is 7.28. The number of halogens is 1. The molecule has 0 saturated heterocycles. The van der Waals surface area contributed by atoms with E-state index in [-0.39, 0.29) is 0 Å². The van der Waals surface area contributed by atoms with Crippen LogP contribution in [0.25, 0.3) is 0 Å². The van der Waals surface area contributed by atoms with Gasteiger partial charge < -0.3 is 5.32 Å². The van der Waals surface area contributed by atoms with Crippen LogP contribution < -0.4 is 5.32 Å². The predicted octanol–water partition coefficient (Wildman–Crippen LogP) is 3.97. The quantitative estimate of drug-likeness (QED) is 0.814. The van der Waals surface area contributed by atoms with Crippen molar-refractivity contribution in [1.82, 2.24) is 10.2 Å². The molecule has 1 aromatic carbocycles. The van der Waals surface area contributed by atoms with E-state index in [1.54, 1.807) is 0 Å². The van der Waals surface area contributed by atoms with Crippen molar-refractivity contribution < 1.29 is 0 Å². The molecule has 0 aromatic heterocycles. The van der Waals surface area contributed by atoms with Gasteiger partial charge in [0.1, 0.15) is 0 Å². The fraction of sp³-hybridized carbons (Fsp3) is 0.625. The van der Waals surface area contributed by atoms with Crippen LogP contribution in [0.1, 0.15) is 38.8 Å². The number of benzene rings is 1. The standard InChI is InChI=1S/C16H27ClN2/c1-6-16(3,11-18-4)12-19(5)13(2)14-7-9-15(17)10-8-14/h7-10,13,18H,6,11-12H2,1-5H3. The van der Waals surface area contributed by atoms with E-state index in [1.165, 1.54) is 12.0 Å². The second-order valence-electron chi connectivity index (χ2n) is 5.84. The van der Waals surface area contributed by atoms with Gasteiger partial charge in [0.25, 0.3) is 0 Å². The van der Waals surface area contributed by atoms with E-state index in [1.807, 2.05) is 19.2 Å². The lowest BCUT2D eigenvalue weighted by Gasteiger charge is -2.36. The molecule has 0 aliphatic carbocycles. The molecular formula is C16H27ClN2. The minimum absolute atomic E-state index is 0.310. The molecule has 1 aromatic rings. The number of hydrogen-bond acceptors (Lipinski definition) is 2. The van der Waals surface area contributed by atoms with E-state index < -0.39 is 0 Å². The van der Waals surface area contributed by atoms with E-state index in [4.69, 9.17) is 11.6 Å². The Labute approximate surface area is 123 Å². The Balaban J connectivity index is 2.71. The molecule has 0 heterocycles. The number of rotatable bonds is 7. The smallest absolute Gasteiger partial charge is 0.0406 e. The first kappa shape index (κ1) is 16.5. The van der Waals surface area contributed by atoms with Crippen molar-refractivity contribution in [2.45, 2.75) is 33.2 Å². The molecule has 0 saturated carbocycles. The van der Waals surface area contributed by atoms with Gasteiger partial charge in [0.2, 0.25) is 0 Å². The van der Waals surface area contributed by atoms with Gasteiger partial charge in [0.15, 0.2) is 0 Å². The van der Waals surface area contributed by atoms with Gasteiger partial charge in [-0.1, -0.05) is 37.6 Å². The molecule has 0 aliphatic heterocycles. The van der Waals surface area contributed by atoms with Gasteiger partial charge in [-0.25, -0.2) is 0 Å². The summed E-state index contributed by atoms with van der Waals surface area (Å²) in [7, 11) is 4.22. The van der Waals surface area contributed by atoms with E-state index in [0.29, 0.717) is 11.5 Å². The molecule has 1 rings (SSSR count). The Hall–Kier alpha value is -0.570. The lowest BCUT2D eigenvalue weighted by molar-refractivity contribution is 0.149. The lowest BCUT2D eigenvalue weighted by Crippen LogP contribution is -2.40. The summed E-state index contributed by atoms with van der Waals surface area (Å²) in [5.41, 5.74) is 1.62. The van der Waals surface area contributed by atoms with Crippen molar-refractivity contribution in [2.24, 2.45) is 5.41 Å². The third-order valence-corrected chi connectivity index (χ3v) is 4.35. The van der Waals surface area contributed by atoms with Crippen LogP contribution in [0, 0.1) is 5.41 Å². The summed E-state index contributed by atoms with van der Waals surface area (Å²) in [6, 6.07) is 8.57. The molecule has 0 spiro atoms. The first-order chi connectivity index (χ1) is 8.91. The fourth-order valence-corrected chi connectivity index (χ4v) is 2.58. The van der Waals surface area contributed by atoms with E-state index in [9.17, 15) is 0 Å². The van der Waals surface area contributed by atoms with E-state index in [2.05, 4.69) is 50.2 Å². The van der Waals surface area contributed by atoms with Crippen LogP contribution in [0.2, 0.25) is 5.02 Å². The number of hydrogen-bond donors (Lipinski definition) is 1. The van der Waals surface area contributed by atoms with E-state index >= 15 is 0 Å². The topological polar surface area (TPSA) is 15.3 Å². The molecule has 108 valence electrons. The van der Waals surface area contributed by atoms with Crippen molar-refractivity contribution >= 4 is 11.6 Å². The van der Waals surface area contributed by atoms with Crippen molar-refractivity contribution in [1.29, 1.82) is 0 Å². The highest BCUT2D eigenvalue weighted by atomic mass is 35.5. The molecule has 1 N–H and O–H groups in total. The molecule has 0 amide bonds. The summed E-state index contributed by atoms with van der Waals surface area (Å²) < 4.78 is 0. The molecule has 3 heteroatoms.